The van der Waals surface area contributed by atoms with E-state index in [1.807, 2.05) is 0 Å². The van der Waals surface area contributed by atoms with E-state index in [0.717, 1.165) is 4.90 Å². The zero-order valence-electron chi connectivity index (χ0n) is 14.0. The molecule has 0 aromatic heterocycles. The third-order valence-electron chi connectivity index (χ3n) is 3.68. The molecule has 1 aliphatic rings. The van der Waals surface area contributed by atoms with Gasteiger partial charge in [0.25, 0.3) is 5.91 Å². The number of carbonyl (C=O) groups is 3. The fourth-order valence-electron chi connectivity index (χ4n) is 2.55. The van der Waals surface area contributed by atoms with Gasteiger partial charge in [0.2, 0.25) is 5.91 Å². The van der Waals surface area contributed by atoms with Crippen LogP contribution in [0.5, 0.6) is 0 Å². The zero-order valence-corrected chi connectivity index (χ0v) is 14.0. The number of esters is 1. The quantitative estimate of drug-likeness (QED) is 0.719. The summed E-state index contributed by atoms with van der Waals surface area (Å²) in [6.45, 7) is 2.08. The summed E-state index contributed by atoms with van der Waals surface area (Å²) >= 11 is 0. The lowest BCUT2D eigenvalue weighted by Crippen LogP contribution is -2.46. The Kier molecular flexibility index (Phi) is 5.69. The van der Waals surface area contributed by atoms with Crippen LogP contribution in [-0.4, -0.2) is 60.0 Å². The van der Waals surface area contributed by atoms with Gasteiger partial charge in [-0.05, 0) is 13.0 Å². The molecule has 0 atom stereocenters. The van der Waals surface area contributed by atoms with Gasteiger partial charge in [0.15, 0.2) is 0 Å². The van der Waals surface area contributed by atoms with Gasteiger partial charge in [0.05, 0.1) is 6.61 Å². The van der Waals surface area contributed by atoms with Gasteiger partial charge in [-0.15, -0.1) is 0 Å². The van der Waals surface area contributed by atoms with Gasteiger partial charge in [0.1, 0.15) is 19.6 Å². The smallest absolute Gasteiger partial charge is 0.406 e. The van der Waals surface area contributed by atoms with E-state index in [9.17, 15) is 27.6 Å². The molecule has 140 valence electrons. The van der Waals surface area contributed by atoms with E-state index < -0.39 is 43.6 Å². The summed E-state index contributed by atoms with van der Waals surface area (Å²) in [7, 11) is 0. The highest BCUT2D eigenvalue weighted by Gasteiger charge is 2.37. The number of fused-ring (bicyclic) bond motifs is 1. The molecule has 0 saturated carbocycles. The molecule has 1 aliphatic heterocycles. The van der Waals surface area contributed by atoms with Crippen molar-refractivity contribution in [1.29, 1.82) is 0 Å². The Labute approximate surface area is 147 Å². The number of hydrogen-bond acceptors (Lipinski definition) is 4. The first-order chi connectivity index (χ1) is 12.1. The molecule has 2 rings (SSSR count). The van der Waals surface area contributed by atoms with Crippen LogP contribution < -0.4 is 0 Å². The highest BCUT2D eigenvalue weighted by molar-refractivity contribution is 6.10. The molecule has 26 heavy (non-hydrogen) atoms. The summed E-state index contributed by atoms with van der Waals surface area (Å²) in [5, 5.41) is 0. The molecular weight excluding hydrogens is 353 g/mol. The van der Waals surface area contributed by atoms with Gasteiger partial charge in [-0.25, -0.2) is 0 Å². The molecule has 6 nitrogen and oxygen atoms in total. The fourth-order valence-corrected chi connectivity index (χ4v) is 2.55. The van der Waals surface area contributed by atoms with Crippen LogP contribution in [0.25, 0.3) is 5.70 Å². The van der Waals surface area contributed by atoms with Crippen molar-refractivity contribution in [1.82, 2.24) is 9.80 Å². The number of benzene rings is 1. The van der Waals surface area contributed by atoms with E-state index in [1.54, 1.807) is 24.3 Å². The van der Waals surface area contributed by atoms with E-state index in [0.29, 0.717) is 16.0 Å². The summed E-state index contributed by atoms with van der Waals surface area (Å²) < 4.78 is 42.8. The number of alkyl halides is 3. The molecule has 2 amide bonds. The number of carbonyl (C=O) groups excluding carboxylic acids is 3. The van der Waals surface area contributed by atoms with E-state index in [4.69, 9.17) is 0 Å². The topological polar surface area (TPSA) is 66.9 Å². The van der Waals surface area contributed by atoms with Crippen molar-refractivity contribution in [3.8, 4) is 0 Å². The number of hydrogen-bond donors (Lipinski definition) is 0. The third-order valence-corrected chi connectivity index (χ3v) is 3.68. The molecule has 0 aliphatic carbocycles. The van der Waals surface area contributed by atoms with Crippen LogP contribution >= 0.6 is 0 Å². The molecule has 0 spiro atoms. The van der Waals surface area contributed by atoms with Gasteiger partial charge >= 0.3 is 12.1 Å². The fraction of sp³-hybridized carbons (Fsp3) is 0.353. The van der Waals surface area contributed by atoms with Crippen molar-refractivity contribution in [3.63, 3.8) is 0 Å². The molecule has 1 aromatic rings. The second-order valence-electron chi connectivity index (χ2n) is 5.55. The van der Waals surface area contributed by atoms with Crippen molar-refractivity contribution in [3.05, 3.63) is 42.0 Å². The Hall–Kier alpha value is -2.84. The molecule has 0 unspecified atom stereocenters. The molecule has 0 fully saturated rings. The standard InChI is InChI=1S/C17H17F3N2O4/c1-3-26-15(24)9-21(10-17(18,19)20)14(23)8-22-11(2)12-6-4-5-7-13(12)16(22)25/h4-7H,2-3,8-10H2,1H3. The summed E-state index contributed by atoms with van der Waals surface area (Å²) in [6, 6.07) is 6.48. The molecule has 1 aromatic carbocycles. The molecular formula is C17H17F3N2O4. The summed E-state index contributed by atoms with van der Waals surface area (Å²) in [4.78, 5) is 37.5. The largest absolute Gasteiger partial charge is 0.465 e. The first-order valence-corrected chi connectivity index (χ1v) is 7.74. The summed E-state index contributed by atoms with van der Waals surface area (Å²) in [5.41, 5.74) is 1.05. The maximum Gasteiger partial charge on any atom is 0.406 e. The van der Waals surface area contributed by atoms with Crippen LogP contribution in [0.15, 0.2) is 30.8 Å². The van der Waals surface area contributed by atoms with Gasteiger partial charge in [-0.3, -0.25) is 19.3 Å². The molecule has 0 saturated heterocycles. The van der Waals surface area contributed by atoms with E-state index >= 15 is 0 Å². The monoisotopic (exact) mass is 370 g/mol. The lowest BCUT2D eigenvalue weighted by Gasteiger charge is -2.26. The number of nitrogens with zero attached hydrogens (tertiary/aromatic N) is 2. The van der Waals surface area contributed by atoms with Gasteiger partial charge in [-0.2, -0.15) is 13.2 Å². The highest BCUT2D eigenvalue weighted by Crippen LogP contribution is 2.31. The average Bonchev–Trinajstić information content (AvgIpc) is 2.78. The maximum absolute atomic E-state index is 12.7. The lowest BCUT2D eigenvalue weighted by atomic mass is 10.1. The number of amides is 2. The normalized spacial score (nSPS) is 13.6. The Morgan fingerprint density at radius 1 is 1.23 bits per heavy atom. The van der Waals surface area contributed by atoms with Crippen LogP contribution in [0.4, 0.5) is 13.2 Å². The van der Waals surface area contributed by atoms with Crippen molar-refractivity contribution >= 4 is 23.5 Å². The summed E-state index contributed by atoms with van der Waals surface area (Å²) in [6.07, 6.45) is -4.70. The van der Waals surface area contributed by atoms with Gasteiger partial charge in [0, 0.05) is 16.8 Å². The molecule has 0 radical (unpaired) electrons. The van der Waals surface area contributed by atoms with E-state index in [-0.39, 0.29) is 12.3 Å². The second kappa shape index (κ2) is 7.59. The van der Waals surface area contributed by atoms with Crippen molar-refractivity contribution in [2.24, 2.45) is 0 Å². The van der Waals surface area contributed by atoms with Crippen molar-refractivity contribution < 1.29 is 32.3 Å². The first-order valence-electron chi connectivity index (χ1n) is 7.74. The predicted octanol–water partition coefficient (Wildman–Crippen LogP) is 2.07. The predicted molar refractivity (Wildman–Crippen MR) is 85.8 cm³/mol. The van der Waals surface area contributed by atoms with E-state index in [1.165, 1.54) is 6.92 Å². The van der Waals surface area contributed by atoms with Crippen molar-refractivity contribution in [2.45, 2.75) is 13.1 Å². The molecule has 1 heterocycles. The Morgan fingerprint density at radius 3 is 2.38 bits per heavy atom. The second-order valence-corrected chi connectivity index (χ2v) is 5.55. The maximum atomic E-state index is 12.7. The minimum absolute atomic E-state index is 0.0242. The zero-order chi connectivity index (χ0) is 19.5. The van der Waals surface area contributed by atoms with Crippen LogP contribution in [-0.2, 0) is 14.3 Å². The Morgan fingerprint density at radius 2 is 1.85 bits per heavy atom. The van der Waals surface area contributed by atoms with E-state index in [2.05, 4.69) is 11.3 Å². The highest BCUT2D eigenvalue weighted by atomic mass is 19.4. The average molecular weight is 370 g/mol. The van der Waals surface area contributed by atoms with Crippen LogP contribution in [0.3, 0.4) is 0 Å². The Bertz CT molecular complexity index is 711. The molecule has 9 heteroatoms. The summed E-state index contributed by atoms with van der Waals surface area (Å²) in [5.74, 6) is -2.51. The Balaban J connectivity index is 2.15. The number of ether oxygens (including phenoxy) is 1. The number of rotatable bonds is 6. The minimum atomic E-state index is -4.70. The SMILES string of the molecule is C=C1c2ccccc2C(=O)N1CC(=O)N(CC(=O)OCC)CC(F)(F)F. The minimum Gasteiger partial charge on any atom is -0.465 e. The molecule has 0 N–H and O–H groups in total. The number of halogens is 3. The lowest BCUT2D eigenvalue weighted by molar-refractivity contribution is -0.167. The van der Waals surface area contributed by atoms with Gasteiger partial charge in [-0.1, -0.05) is 24.8 Å². The van der Waals surface area contributed by atoms with Crippen molar-refractivity contribution in [2.75, 3.05) is 26.2 Å². The van der Waals surface area contributed by atoms with Crippen LogP contribution in [0.1, 0.15) is 22.8 Å². The first kappa shape index (κ1) is 19.5. The molecule has 0 bridgehead atoms. The van der Waals surface area contributed by atoms with Gasteiger partial charge < -0.3 is 9.64 Å². The van der Waals surface area contributed by atoms with Crippen LogP contribution in [0, 0.1) is 0 Å². The van der Waals surface area contributed by atoms with Crippen LogP contribution in [0.2, 0.25) is 0 Å². The third kappa shape index (κ3) is 4.41.